The van der Waals surface area contributed by atoms with Gasteiger partial charge >= 0.3 is 0 Å². The number of rotatable bonds is 3. The maximum absolute atomic E-state index is 7.33. The molecule has 0 saturated heterocycles. The fraction of sp³-hybridized carbons (Fsp3) is 0.375. The van der Waals surface area contributed by atoms with E-state index in [0.717, 1.165) is 12.0 Å². The smallest absolute Gasteiger partial charge is 0.0340 e. The normalized spacial score (nSPS) is 11.1. The Kier molecular flexibility index (Phi) is 3.69. The SMILES string of the molecule is C=C/C=C(\C)C(=N)CC. The van der Waals surface area contributed by atoms with Crippen LogP contribution in [0.1, 0.15) is 20.3 Å². The standard InChI is InChI=1S/C8H13N/c1-4-6-7(3)8(9)5-2/h4,6,9H,1,5H2,2-3H3/b7-6+,9-8?. The summed E-state index contributed by atoms with van der Waals surface area (Å²) in [5, 5.41) is 7.33. The lowest BCUT2D eigenvalue weighted by molar-refractivity contribution is 1.23. The Labute approximate surface area is 56.6 Å². The van der Waals surface area contributed by atoms with Crippen LogP contribution in [-0.2, 0) is 0 Å². The molecule has 0 radical (unpaired) electrons. The van der Waals surface area contributed by atoms with Crippen molar-refractivity contribution in [2.75, 3.05) is 0 Å². The van der Waals surface area contributed by atoms with Crippen molar-refractivity contribution in [2.24, 2.45) is 0 Å². The molecular weight excluding hydrogens is 110 g/mol. The Morgan fingerprint density at radius 3 is 2.56 bits per heavy atom. The predicted octanol–water partition coefficient (Wildman–Crippen LogP) is 2.55. The second-order valence-corrected chi connectivity index (χ2v) is 1.92. The number of hydrogen-bond donors (Lipinski definition) is 1. The molecular formula is C8H13N. The van der Waals surface area contributed by atoms with E-state index in [1.807, 2.05) is 19.9 Å². The molecule has 0 amide bonds. The molecule has 0 aliphatic rings. The van der Waals surface area contributed by atoms with Crippen molar-refractivity contribution in [1.82, 2.24) is 0 Å². The van der Waals surface area contributed by atoms with E-state index < -0.39 is 0 Å². The molecule has 0 aromatic heterocycles. The molecule has 0 atom stereocenters. The molecule has 9 heavy (non-hydrogen) atoms. The van der Waals surface area contributed by atoms with Crippen molar-refractivity contribution in [3.8, 4) is 0 Å². The predicted molar refractivity (Wildman–Crippen MR) is 42.0 cm³/mol. The quantitative estimate of drug-likeness (QED) is 0.440. The lowest BCUT2D eigenvalue weighted by Crippen LogP contribution is -1.93. The lowest BCUT2D eigenvalue weighted by Gasteiger charge is -1.96. The van der Waals surface area contributed by atoms with Gasteiger partial charge < -0.3 is 5.41 Å². The minimum atomic E-state index is 0.690. The summed E-state index contributed by atoms with van der Waals surface area (Å²) in [5.41, 5.74) is 1.70. The van der Waals surface area contributed by atoms with Crippen LogP contribution in [0, 0.1) is 5.41 Å². The molecule has 0 aromatic carbocycles. The van der Waals surface area contributed by atoms with Gasteiger partial charge in [-0.05, 0) is 18.9 Å². The van der Waals surface area contributed by atoms with Crippen LogP contribution >= 0.6 is 0 Å². The third kappa shape index (κ3) is 2.85. The summed E-state index contributed by atoms with van der Waals surface area (Å²) in [6.45, 7) is 7.44. The highest BCUT2D eigenvalue weighted by atomic mass is 14.4. The van der Waals surface area contributed by atoms with Crippen LogP contribution in [0.4, 0.5) is 0 Å². The summed E-state index contributed by atoms with van der Waals surface area (Å²) < 4.78 is 0. The van der Waals surface area contributed by atoms with Gasteiger partial charge in [0.1, 0.15) is 0 Å². The first-order valence-corrected chi connectivity index (χ1v) is 3.09. The minimum absolute atomic E-state index is 0.690. The highest BCUT2D eigenvalue weighted by Crippen LogP contribution is 1.97. The maximum Gasteiger partial charge on any atom is 0.0340 e. The number of allylic oxidation sites excluding steroid dienone is 3. The van der Waals surface area contributed by atoms with Crippen molar-refractivity contribution >= 4 is 5.71 Å². The summed E-state index contributed by atoms with van der Waals surface area (Å²) in [5.74, 6) is 0. The molecule has 0 aliphatic carbocycles. The van der Waals surface area contributed by atoms with Gasteiger partial charge in [-0.2, -0.15) is 0 Å². The molecule has 1 heteroatoms. The molecule has 0 saturated carbocycles. The second kappa shape index (κ2) is 4.07. The molecule has 0 aromatic rings. The Hall–Kier alpha value is -0.850. The highest BCUT2D eigenvalue weighted by Gasteiger charge is 1.91. The van der Waals surface area contributed by atoms with Gasteiger partial charge in [0.05, 0.1) is 0 Å². The monoisotopic (exact) mass is 123 g/mol. The van der Waals surface area contributed by atoms with Gasteiger partial charge in [-0.1, -0.05) is 25.7 Å². The third-order valence-corrected chi connectivity index (χ3v) is 1.20. The van der Waals surface area contributed by atoms with Gasteiger partial charge in [-0.15, -0.1) is 0 Å². The molecule has 0 fully saturated rings. The van der Waals surface area contributed by atoms with E-state index in [1.54, 1.807) is 6.08 Å². The van der Waals surface area contributed by atoms with Crippen molar-refractivity contribution in [2.45, 2.75) is 20.3 Å². The summed E-state index contributed by atoms with van der Waals surface area (Å²) in [6.07, 6.45) is 4.36. The van der Waals surface area contributed by atoms with Crippen LogP contribution in [-0.4, -0.2) is 5.71 Å². The summed E-state index contributed by atoms with van der Waals surface area (Å²) in [4.78, 5) is 0. The Morgan fingerprint density at radius 1 is 1.67 bits per heavy atom. The van der Waals surface area contributed by atoms with Crippen LogP contribution in [0.3, 0.4) is 0 Å². The zero-order valence-electron chi connectivity index (χ0n) is 6.07. The van der Waals surface area contributed by atoms with Gasteiger partial charge in [0.25, 0.3) is 0 Å². The van der Waals surface area contributed by atoms with E-state index in [1.165, 1.54) is 0 Å². The fourth-order valence-electron chi connectivity index (χ4n) is 0.556. The third-order valence-electron chi connectivity index (χ3n) is 1.20. The van der Waals surface area contributed by atoms with Crippen molar-refractivity contribution in [1.29, 1.82) is 5.41 Å². The van der Waals surface area contributed by atoms with Gasteiger partial charge in [-0.3, -0.25) is 0 Å². The lowest BCUT2D eigenvalue weighted by atomic mass is 10.1. The summed E-state index contributed by atoms with van der Waals surface area (Å²) in [7, 11) is 0. The molecule has 50 valence electrons. The van der Waals surface area contributed by atoms with Crippen LogP contribution in [0.15, 0.2) is 24.3 Å². The summed E-state index contributed by atoms with van der Waals surface area (Å²) >= 11 is 0. The van der Waals surface area contributed by atoms with E-state index in [2.05, 4.69) is 6.58 Å². The highest BCUT2D eigenvalue weighted by molar-refractivity contribution is 5.97. The number of hydrogen-bond acceptors (Lipinski definition) is 1. The van der Waals surface area contributed by atoms with Crippen LogP contribution < -0.4 is 0 Å². The Morgan fingerprint density at radius 2 is 2.22 bits per heavy atom. The fourth-order valence-corrected chi connectivity index (χ4v) is 0.556. The zero-order valence-corrected chi connectivity index (χ0v) is 6.07. The average Bonchev–Trinajstić information content (AvgIpc) is 1.87. The minimum Gasteiger partial charge on any atom is -0.305 e. The number of nitrogens with one attached hydrogen (secondary N) is 1. The molecule has 0 aliphatic heterocycles. The molecule has 0 rings (SSSR count). The molecule has 0 bridgehead atoms. The molecule has 1 N–H and O–H groups in total. The van der Waals surface area contributed by atoms with E-state index in [4.69, 9.17) is 5.41 Å². The van der Waals surface area contributed by atoms with E-state index in [9.17, 15) is 0 Å². The van der Waals surface area contributed by atoms with Crippen molar-refractivity contribution in [3.63, 3.8) is 0 Å². The summed E-state index contributed by atoms with van der Waals surface area (Å²) in [6, 6.07) is 0. The topological polar surface area (TPSA) is 23.9 Å². The first-order chi connectivity index (χ1) is 4.22. The van der Waals surface area contributed by atoms with Gasteiger partial charge in [-0.25, -0.2) is 0 Å². The first kappa shape index (κ1) is 8.15. The van der Waals surface area contributed by atoms with Crippen LogP contribution in [0.25, 0.3) is 0 Å². The van der Waals surface area contributed by atoms with Gasteiger partial charge in [0.2, 0.25) is 0 Å². The average molecular weight is 123 g/mol. The van der Waals surface area contributed by atoms with Crippen LogP contribution in [0.2, 0.25) is 0 Å². The van der Waals surface area contributed by atoms with Crippen molar-refractivity contribution < 1.29 is 0 Å². The Bertz CT molecular complexity index is 143. The first-order valence-electron chi connectivity index (χ1n) is 3.09. The van der Waals surface area contributed by atoms with Gasteiger partial charge in [0, 0.05) is 5.71 Å². The second-order valence-electron chi connectivity index (χ2n) is 1.92. The van der Waals surface area contributed by atoms with Crippen molar-refractivity contribution in [3.05, 3.63) is 24.3 Å². The zero-order chi connectivity index (χ0) is 7.28. The van der Waals surface area contributed by atoms with Gasteiger partial charge in [0.15, 0.2) is 0 Å². The maximum atomic E-state index is 7.33. The van der Waals surface area contributed by atoms with Crippen LogP contribution in [0.5, 0.6) is 0 Å². The molecule has 0 heterocycles. The molecule has 1 nitrogen and oxygen atoms in total. The van der Waals surface area contributed by atoms with E-state index >= 15 is 0 Å². The molecule has 0 unspecified atom stereocenters. The van der Waals surface area contributed by atoms with E-state index in [-0.39, 0.29) is 0 Å². The molecule has 0 spiro atoms. The van der Waals surface area contributed by atoms with E-state index in [0.29, 0.717) is 5.71 Å². The Balaban J connectivity index is 4.01. The largest absolute Gasteiger partial charge is 0.305 e.